The van der Waals surface area contributed by atoms with Crippen LogP contribution in [0.3, 0.4) is 0 Å². The Kier molecular flexibility index (Phi) is 5.98. The summed E-state index contributed by atoms with van der Waals surface area (Å²) in [6.07, 6.45) is 3.18. The maximum Gasteiger partial charge on any atom is 0.267 e. The largest absolute Gasteiger partial charge is 0.382 e. The summed E-state index contributed by atoms with van der Waals surface area (Å²) in [4.78, 5) is 4.42. The fourth-order valence-corrected chi connectivity index (χ4v) is 5.11. The van der Waals surface area contributed by atoms with Gasteiger partial charge in [0.05, 0.1) is 29.8 Å². The van der Waals surface area contributed by atoms with Crippen LogP contribution < -0.4 is 11.1 Å². The molecule has 0 spiro atoms. The Balaban J connectivity index is 1.39. The van der Waals surface area contributed by atoms with Crippen molar-refractivity contribution >= 4 is 39.0 Å². The predicted molar refractivity (Wildman–Crippen MR) is 119 cm³/mol. The van der Waals surface area contributed by atoms with Crippen LogP contribution in [0.5, 0.6) is 0 Å². The van der Waals surface area contributed by atoms with Gasteiger partial charge in [-0.25, -0.2) is 4.98 Å². The monoisotopic (exact) mass is 478 g/mol. The molecule has 0 aromatic carbocycles. The number of aromatic nitrogens is 5. The molecule has 1 saturated carbocycles. The summed E-state index contributed by atoms with van der Waals surface area (Å²) in [5.74, 6) is 0.521. The Morgan fingerprint density at radius 1 is 1.44 bits per heavy atom. The molecule has 32 heavy (non-hydrogen) atoms. The molecule has 4 rings (SSSR count). The second kappa shape index (κ2) is 8.57. The number of nitrogens with one attached hydrogen (secondary N) is 1. The highest BCUT2D eigenvalue weighted by atomic mass is 35.5. The summed E-state index contributed by atoms with van der Waals surface area (Å²) >= 11 is 6.25. The zero-order valence-corrected chi connectivity index (χ0v) is 19.2. The van der Waals surface area contributed by atoms with Gasteiger partial charge in [0.15, 0.2) is 5.65 Å². The minimum atomic E-state index is -3.49. The molecule has 3 aromatic heterocycles. The standard InChI is InChI=1S/C19H23ClN8O3S/c1-3-31-32(29,30)10-12-8-15(12)27-7-5-13(26-27)4-6-23-18-14(9-21)17(22)28-19(24-18)16(20)11(2)25-28/h5,7,12,15H,3-4,6,8,10,22H2,1-2H3,(H,23,24). The second-order valence-corrected chi connectivity index (χ2v) is 9.69. The van der Waals surface area contributed by atoms with Crippen molar-refractivity contribution in [3.05, 3.63) is 34.2 Å². The summed E-state index contributed by atoms with van der Waals surface area (Å²) < 4.78 is 31.6. The first kappa shape index (κ1) is 22.3. The van der Waals surface area contributed by atoms with E-state index >= 15 is 0 Å². The Morgan fingerprint density at radius 2 is 2.22 bits per heavy atom. The van der Waals surface area contributed by atoms with E-state index in [1.165, 1.54) is 4.52 Å². The van der Waals surface area contributed by atoms with E-state index in [4.69, 9.17) is 21.5 Å². The second-order valence-electron chi connectivity index (χ2n) is 7.63. The summed E-state index contributed by atoms with van der Waals surface area (Å²) in [7, 11) is -3.49. The van der Waals surface area contributed by atoms with E-state index in [0.29, 0.717) is 35.1 Å². The number of anilines is 2. The van der Waals surface area contributed by atoms with Gasteiger partial charge < -0.3 is 11.1 Å². The molecular weight excluding hydrogens is 456 g/mol. The molecule has 0 bridgehead atoms. The van der Waals surface area contributed by atoms with E-state index in [1.54, 1.807) is 18.5 Å². The zero-order chi connectivity index (χ0) is 23.0. The Hall–Kier alpha value is -2.88. The van der Waals surface area contributed by atoms with Gasteiger partial charge in [0.25, 0.3) is 10.1 Å². The highest BCUT2D eigenvalue weighted by Gasteiger charge is 2.42. The molecule has 2 unspecified atom stereocenters. The molecule has 3 heterocycles. The molecule has 3 N–H and O–H groups in total. The number of aryl methyl sites for hydroxylation is 1. The van der Waals surface area contributed by atoms with E-state index in [-0.39, 0.29) is 35.7 Å². The van der Waals surface area contributed by atoms with Gasteiger partial charge in [-0.05, 0) is 32.3 Å². The van der Waals surface area contributed by atoms with Gasteiger partial charge in [-0.3, -0.25) is 8.86 Å². The lowest BCUT2D eigenvalue weighted by Crippen LogP contribution is -2.14. The predicted octanol–water partition coefficient (Wildman–Crippen LogP) is 1.92. The molecule has 0 radical (unpaired) electrons. The van der Waals surface area contributed by atoms with E-state index < -0.39 is 10.1 Å². The van der Waals surface area contributed by atoms with Crippen LogP contribution >= 0.6 is 11.6 Å². The first-order valence-electron chi connectivity index (χ1n) is 10.1. The van der Waals surface area contributed by atoms with Gasteiger partial charge in [-0.1, -0.05) is 11.6 Å². The fraction of sp³-hybridized carbons (Fsp3) is 0.474. The Bertz CT molecular complexity index is 1310. The quantitative estimate of drug-likeness (QED) is 0.439. The third-order valence-electron chi connectivity index (χ3n) is 5.29. The minimum absolute atomic E-state index is 0.00535. The minimum Gasteiger partial charge on any atom is -0.382 e. The lowest BCUT2D eigenvalue weighted by Gasteiger charge is -2.09. The van der Waals surface area contributed by atoms with Crippen LogP contribution in [0.4, 0.5) is 11.6 Å². The zero-order valence-electron chi connectivity index (χ0n) is 17.6. The van der Waals surface area contributed by atoms with Gasteiger partial charge in [0.1, 0.15) is 28.3 Å². The van der Waals surface area contributed by atoms with Gasteiger partial charge in [-0.2, -0.15) is 28.4 Å². The number of fused-ring (bicyclic) bond motifs is 1. The summed E-state index contributed by atoms with van der Waals surface area (Å²) in [5, 5.41) is 21.8. The smallest absolute Gasteiger partial charge is 0.267 e. The Labute approximate surface area is 190 Å². The molecule has 11 nitrogen and oxygen atoms in total. The lowest BCUT2D eigenvalue weighted by molar-refractivity contribution is 0.336. The van der Waals surface area contributed by atoms with Crippen LogP contribution in [0, 0.1) is 24.2 Å². The Morgan fingerprint density at radius 3 is 2.94 bits per heavy atom. The number of hydrogen-bond acceptors (Lipinski definition) is 9. The van der Waals surface area contributed by atoms with E-state index in [1.807, 2.05) is 12.3 Å². The molecule has 13 heteroatoms. The maximum atomic E-state index is 11.8. The van der Waals surface area contributed by atoms with Gasteiger partial charge in [-0.15, -0.1) is 0 Å². The summed E-state index contributed by atoms with van der Waals surface area (Å²) in [6, 6.07) is 4.01. The summed E-state index contributed by atoms with van der Waals surface area (Å²) in [5.41, 5.74) is 8.07. The SMILES string of the molecule is CCOS(=O)(=O)CC1CC1n1ccc(CCNc2nc3c(Cl)c(C)nn3c(N)c2C#N)n1. The third kappa shape index (κ3) is 4.36. The van der Waals surface area contributed by atoms with Crippen LogP contribution in [0.2, 0.25) is 5.02 Å². The van der Waals surface area contributed by atoms with Crippen molar-refractivity contribution in [1.29, 1.82) is 5.26 Å². The van der Waals surface area contributed by atoms with Gasteiger partial charge in [0.2, 0.25) is 0 Å². The molecule has 0 amide bonds. The number of nitrogens with zero attached hydrogens (tertiary/aromatic N) is 6. The van der Waals surface area contributed by atoms with E-state index in [2.05, 4.69) is 26.6 Å². The van der Waals surface area contributed by atoms with Crippen molar-refractivity contribution in [2.24, 2.45) is 5.92 Å². The van der Waals surface area contributed by atoms with Gasteiger partial charge in [0, 0.05) is 19.2 Å². The van der Waals surface area contributed by atoms with Crippen LogP contribution in [0.1, 0.15) is 36.3 Å². The molecule has 1 aliphatic carbocycles. The van der Waals surface area contributed by atoms with E-state index in [0.717, 1.165) is 12.1 Å². The lowest BCUT2D eigenvalue weighted by atomic mass is 10.2. The molecule has 0 saturated heterocycles. The van der Waals surface area contributed by atoms with Crippen molar-refractivity contribution < 1.29 is 12.6 Å². The van der Waals surface area contributed by atoms with Crippen molar-refractivity contribution in [2.45, 2.75) is 32.7 Å². The number of rotatable bonds is 9. The van der Waals surface area contributed by atoms with E-state index in [9.17, 15) is 13.7 Å². The maximum absolute atomic E-state index is 11.8. The number of nitrogens with two attached hydrogens (primary N) is 1. The molecule has 170 valence electrons. The normalized spacial score (nSPS) is 18.1. The molecule has 1 aliphatic rings. The molecule has 0 aliphatic heterocycles. The van der Waals surface area contributed by atoms with Gasteiger partial charge >= 0.3 is 0 Å². The van der Waals surface area contributed by atoms with Crippen molar-refractivity contribution in [2.75, 3.05) is 30.0 Å². The first-order valence-corrected chi connectivity index (χ1v) is 12.1. The van der Waals surface area contributed by atoms with Crippen LogP contribution in [-0.2, 0) is 20.7 Å². The topological polar surface area (TPSA) is 153 Å². The average Bonchev–Trinajstić information content (AvgIpc) is 3.20. The highest BCUT2D eigenvalue weighted by Crippen LogP contribution is 2.43. The number of halogens is 1. The molecule has 2 atom stereocenters. The highest BCUT2D eigenvalue weighted by molar-refractivity contribution is 7.86. The molecular formula is C19H23ClN8O3S. The number of nitrogen functional groups attached to an aromatic ring is 1. The molecule has 1 fully saturated rings. The number of nitriles is 1. The van der Waals surface area contributed by atoms with Crippen molar-refractivity contribution in [3.63, 3.8) is 0 Å². The van der Waals surface area contributed by atoms with Crippen molar-refractivity contribution in [1.82, 2.24) is 24.4 Å². The molecule has 3 aromatic rings. The summed E-state index contributed by atoms with van der Waals surface area (Å²) in [6.45, 7) is 4.00. The van der Waals surface area contributed by atoms with Crippen LogP contribution in [0.15, 0.2) is 12.3 Å². The third-order valence-corrected chi connectivity index (χ3v) is 7.17. The van der Waals surface area contributed by atoms with Crippen LogP contribution in [-0.4, -0.2) is 51.7 Å². The van der Waals surface area contributed by atoms with Crippen LogP contribution in [0.25, 0.3) is 5.65 Å². The van der Waals surface area contributed by atoms with Crippen molar-refractivity contribution in [3.8, 4) is 6.07 Å². The first-order chi connectivity index (χ1) is 15.2. The number of hydrogen-bond donors (Lipinski definition) is 2. The average molecular weight is 479 g/mol. The fourth-order valence-electron chi connectivity index (χ4n) is 3.62.